The Kier molecular flexibility index (Phi) is 4.73. The van der Waals surface area contributed by atoms with Crippen molar-refractivity contribution in [3.8, 4) is 10.6 Å². The molecular formula is C17H9F5N2OS. The number of nitrogens with zero attached hydrogens (tertiary/aromatic N) is 1. The molecule has 0 saturated heterocycles. The van der Waals surface area contributed by atoms with E-state index in [0.717, 1.165) is 35.6 Å². The Labute approximate surface area is 148 Å². The zero-order valence-corrected chi connectivity index (χ0v) is 13.6. The molecule has 3 aromatic rings. The molecule has 0 fully saturated rings. The third-order valence-electron chi connectivity index (χ3n) is 3.35. The van der Waals surface area contributed by atoms with Crippen LogP contribution in [0.5, 0.6) is 0 Å². The quantitative estimate of drug-likeness (QED) is 0.618. The van der Waals surface area contributed by atoms with Gasteiger partial charge in [-0.3, -0.25) is 4.79 Å². The van der Waals surface area contributed by atoms with Gasteiger partial charge in [-0.15, -0.1) is 11.3 Å². The maximum absolute atomic E-state index is 13.6. The van der Waals surface area contributed by atoms with Crippen LogP contribution in [-0.4, -0.2) is 10.9 Å². The predicted octanol–water partition coefficient (Wildman–Crippen LogP) is 5.36. The number of hydrogen-bond acceptors (Lipinski definition) is 3. The lowest BCUT2D eigenvalue weighted by molar-refractivity contribution is -0.137. The van der Waals surface area contributed by atoms with Crippen molar-refractivity contribution in [2.45, 2.75) is 6.18 Å². The molecule has 0 saturated carbocycles. The van der Waals surface area contributed by atoms with Crippen molar-refractivity contribution in [3.63, 3.8) is 0 Å². The number of thiazole rings is 1. The number of anilines is 1. The van der Waals surface area contributed by atoms with Gasteiger partial charge in [-0.1, -0.05) is 12.1 Å². The first-order valence-electron chi connectivity index (χ1n) is 7.13. The van der Waals surface area contributed by atoms with Gasteiger partial charge in [-0.25, -0.2) is 13.8 Å². The molecule has 2 aromatic carbocycles. The molecule has 134 valence electrons. The molecule has 1 N–H and O–H groups in total. The number of rotatable bonds is 3. The van der Waals surface area contributed by atoms with Crippen LogP contribution in [-0.2, 0) is 6.18 Å². The highest BCUT2D eigenvalue weighted by Crippen LogP contribution is 2.33. The molecule has 0 atom stereocenters. The molecule has 0 aliphatic rings. The van der Waals surface area contributed by atoms with Gasteiger partial charge in [0.05, 0.1) is 11.3 Å². The SMILES string of the molecule is O=C(Nc1ccc(F)cc1F)c1csc(-c2cccc(C(F)(F)F)c2)n1. The van der Waals surface area contributed by atoms with Gasteiger partial charge in [-0.2, -0.15) is 13.2 Å². The smallest absolute Gasteiger partial charge is 0.318 e. The van der Waals surface area contributed by atoms with E-state index in [0.29, 0.717) is 6.07 Å². The van der Waals surface area contributed by atoms with Gasteiger partial charge in [-0.05, 0) is 24.3 Å². The second-order valence-electron chi connectivity index (χ2n) is 5.19. The molecule has 3 nitrogen and oxygen atoms in total. The van der Waals surface area contributed by atoms with Crippen LogP contribution in [0.3, 0.4) is 0 Å². The molecule has 0 aliphatic carbocycles. The van der Waals surface area contributed by atoms with E-state index >= 15 is 0 Å². The summed E-state index contributed by atoms with van der Waals surface area (Å²) in [5, 5.41) is 3.79. The molecule has 0 radical (unpaired) electrons. The monoisotopic (exact) mass is 384 g/mol. The van der Waals surface area contributed by atoms with Crippen molar-refractivity contribution in [2.75, 3.05) is 5.32 Å². The van der Waals surface area contributed by atoms with Crippen molar-refractivity contribution in [3.05, 3.63) is 70.7 Å². The lowest BCUT2D eigenvalue weighted by atomic mass is 10.1. The number of amides is 1. The number of alkyl halides is 3. The normalized spacial score (nSPS) is 11.4. The lowest BCUT2D eigenvalue weighted by Gasteiger charge is -2.07. The fourth-order valence-electron chi connectivity index (χ4n) is 2.12. The van der Waals surface area contributed by atoms with E-state index in [-0.39, 0.29) is 22.0 Å². The van der Waals surface area contributed by atoms with Crippen LogP contribution in [0.2, 0.25) is 0 Å². The van der Waals surface area contributed by atoms with E-state index < -0.39 is 29.3 Å². The van der Waals surface area contributed by atoms with Gasteiger partial charge in [0, 0.05) is 17.0 Å². The van der Waals surface area contributed by atoms with E-state index in [1.165, 1.54) is 17.5 Å². The van der Waals surface area contributed by atoms with Gasteiger partial charge in [0.15, 0.2) is 0 Å². The highest BCUT2D eigenvalue weighted by Gasteiger charge is 2.30. The first-order chi connectivity index (χ1) is 12.2. The number of carbonyl (C=O) groups is 1. The standard InChI is InChI=1S/C17H9F5N2OS/c18-11-4-5-13(12(19)7-11)23-15(25)14-8-26-16(24-14)9-2-1-3-10(6-9)17(20,21)22/h1-8H,(H,23,25). The molecular weight excluding hydrogens is 375 g/mol. The zero-order valence-electron chi connectivity index (χ0n) is 12.8. The maximum Gasteiger partial charge on any atom is 0.416 e. The molecule has 1 aromatic heterocycles. The summed E-state index contributed by atoms with van der Waals surface area (Å²) in [7, 11) is 0. The molecule has 1 heterocycles. The van der Waals surface area contributed by atoms with E-state index in [4.69, 9.17) is 0 Å². The fraction of sp³-hybridized carbons (Fsp3) is 0.0588. The number of carbonyl (C=O) groups excluding carboxylic acids is 1. The Balaban J connectivity index is 1.82. The van der Waals surface area contributed by atoms with E-state index in [1.54, 1.807) is 0 Å². The van der Waals surface area contributed by atoms with Gasteiger partial charge >= 0.3 is 6.18 Å². The van der Waals surface area contributed by atoms with Crippen LogP contribution in [0.4, 0.5) is 27.6 Å². The van der Waals surface area contributed by atoms with E-state index in [1.807, 2.05) is 0 Å². The van der Waals surface area contributed by atoms with Gasteiger partial charge < -0.3 is 5.32 Å². The minimum absolute atomic E-state index is 0.0915. The summed E-state index contributed by atoms with van der Waals surface area (Å²) in [6, 6.07) is 7.20. The Hall–Kier alpha value is -2.81. The summed E-state index contributed by atoms with van der Waals surface area (Å²) in [6.45, 7) is 0. The molecule has 26 heavy (non-hydrogen) atoms. The third-order valence-corrected chi connectivity index (χ3v) is 4.24. The van der Waals surface area contributed by atoms with Gasteiger partial charge in [0.25, 0.3) is 5.91 Å². The topological polar surface area (TPSA) is 42.0 Å². The molecule has 9 heteroatoms. The summed E-state index contributed by atoms with van der Waals surface area (Å²) in [5.74, 6) is -2.50. The highest BCUT2D eigenvalue weighted by atomic mass is 32.1. The van der Waals surface area contributed by atoms with Crippen molar-refractivity contribution < 1.29 is 26.7 Å². The number of hydrogen-bond donors (Lipinski definition) is 1. The van der Waals surface area contributed by atoms with Crippen LogP contribution < -0.4 is 5.32 Å². The zero-order chi connectivity index (χ0) is 18.9. The average Bonchev–Trinajstić information content (AvgIpc) is 3.07. The second-order valence-corrected chi connectivity index (χ2v) is 6.05. The minimum Gasteiger partial charge on any atom is -0.318 e. The highest BCUT2D eigenvalue weighted by molar-refractivity contribution is 7.13. The van der Waals surface area contributed by atoms with E-state index in [9.17, 15) is 26.7 Å². The summed E-state index contributed by atoms with van der Waals surface area (Å²) < 4.78 is 64.8. The Morgan fingerprint density at radius 1 is 1.08 bits per heavy atom. The second kappa shape index (κ2) is 6.83. The number of nitrogens with one attached hydrogen (secondary N) is 1. The van der Waals surface area contributed by atoms with Crippen molar-refractivity contribution in [2.24, 2.45) is 0 Å². The van der Waals surface area contributed by atoms with Crippen LogP contribution in [0, 0.1) is 11.6 Å². The maximum atomic E-state index is 13.6. The van der Waals surface area contributed by atoms with Crippen LogP contribution in [0.25, 0.3) is 10.6 Å². The number of aromatic nitrogens is 1. The number of halogens is 5. The first-order valence-corrected chi connectivity index (χ1v) is 8.01. The molecule has 0 spiro atoms. The van der Waals surface area contributed by atoms with Gasteiger partial charge in [0.2, 0.25) is 0 Å². The van der Waals surface area contributed by atoms with E-state index in [2.05, 4.69) is 10.3 Å². The molecule has 0 bridgehead atoms. The largest absolute Gasteiger partial charge is 0.416 e. The van der Waals surface area contributed by atoms with Crippen molar-refractivity contribution >= 4 is 22.9 Å². The summed E-state index contributed by atoms with van der Waals surface area (Å²) in [6.07, 6.45) is -4.49. The Morgan fingerprint density at radius 2 is 1.85 bits per heavy atom. The average molecular weight is 384 g/mol. The minimum atomic E-state index is -4.49. The Bertz CT molecular complexity index is 968. The van der Waals surface area contributed by atoms with Crippen LogP contribution >= 0.6 is 11.3 Å². The molecule has 0 aliphatic heterocycles. The summed E-state index contributed by atoms with van der Waals surface area (Å²) in [4.78, 5) is 16.1. The first kappa shape index (κ1) is 18.0. The van der Waals surface area contributed by atoms with Gasteiger partial charge in [0.1, 0.15) is 22.3 Å². The lowest BCUT2D eigenvalue weighted by Crippen LogP contribution is -2.13. The third kappa shape index (κ3) is 3.88. The van der Waals surface area contributed by atoms with Crippen molar-refractivity contribution in [1.82, 2.24) is 4.98 Å². The fourth-order valence-corrected chi connectivity index (χ4v) is 2.91. The number of benzene rings is 2. The molecule has 3 rings (SSSR count). The van der Waals surface area contributed by atoms with Crippen LogP contribution in [0.15, 0.2) is 47.8 Å². The van der Waals surface area contributed by atoms with Crippen molar-refractivity contribution in [1.29, 1.82) is 0 Å². The van der Waals surface area contributed by atoms with Crippen LogP contribution in [0.1, 0.15) is 16.1 Å². The summed E-state index contributed by atoms with van der Waals surface area (Å²) >= 11 is 0.974. The molecule has 0 unspecified atom stereocenters. The Morgan fingerprint density at radius 3 is 2.54 bits per heavy atom. The molecule has 1 amide bonds. The predicted molar refractivity (Wildman–Crippen MR) is 86.9 cm³/mol. The summed E-state index contributed by atoms with van der Waals surface area (Å²) in [5.41, 5.74) is -0.947.